The van der Waals surface area contributed by atoms with Gasteiger partial charge in [-0.15, -0.1) is 0 Å². The molecule has 0 aliphatic heterocycles. The smallest absolute Gasteiger partial charge is 0.0521 e. The Labute approximate surface area is 120 Å². The third-order valence-electron chi connectivity index (χ3n) is 4.13. The molecule has 0 amide bonds. The van der Waals surface area contributed by atoms with Gasteiger partial charge in [0.1, 0.15) is 0 Å². The first-order valence-corrected chi connectivity index (χ1v) is 7.33. The summed E-state index contributed by atoms with van der Waals surface area (Å²) in [6.45, 7) is 8.88. The van der Waals surface area contributed by atoms with Crippen LogP contribution in [0.5, 0.6) is 0 Å². The largest absolute Gasteiger partial charge is 0.398 e. The van der Waals surface area contributed by atoms with Crippen LogP contribution in [0, 0.1) is 0 Å². The van der Waals surface area contributed by atoms with Crippen LogP contribution in [-0.2, 0) is 0 Å². The monoisotopic (exact) mass is 266 g/mol. The lowest BCUT2D eigenvalue weighted by molar-refractivity contribution is 0.842. The number of nitrogens with one attached hydrogen (secondary N) is 1. The Morgan fingerprint density at radius 1 is 0.950 bits per heavy atom. The van der Waals surface area contributed by atoms with Crippen molar-refractivity contribution in [2.75, 3.05) is 5.73 Å². The van der Waals surface area contributed by atoms with E-state index in [1.54, 1.807) is 0 Å². The van der Waals surface area contributed by atoms with Crippen LogP contribution in [0.25, 0.3) is 21.8 Å². The van der Waals surface area contributed by atoms with Crippen molar-refractivity contribution in [3.8, 4) is 0 Å². The van der Waals surface area contributed by atoms with E-state index in [-0.39, 0.29) is 0 Å². The van der Waals surface area contributed by atoms with Crippen molar-refractivity contribution >= 4 is 27.5 Å². The van der Waals surface area contributed by atoms with Gasteiger partial charge < -0.3 is 10.7 Å². The highest BCUT2D eigenvalue weighted by molar-refractivity contribution is 6.14. The molecule has 104 valence electrons. The van der Waals surface area contributed by atoms with E-state index in [1.165, 1.54) is 27.4 Å². The van der Waals surface area contributed by atoms with Crippen LogP contribution in [0.2, 0.25) is 0 Å². The zero-order valence-corrected chi connectivity index (χ0v) is 12.6. The maximum Gasteiger partial charge on any atom is 0.0521 e. The van der Waals surface area contributed by atoms with Crippen LogP contribution >= 0.6 is 0 Å². The molecule has 3 N–H and O–H groups in total. The lowest BCUT2D eigenvalue weighted by Crippen LogP contribution is -2.01. The Kier molecular flexibility index (Phi) is 2.97. The molecular weight excluding hydrogens is 244 g/mol. The maximum atomic E-state index is 6.48. The SMILES string of the molecule is CC(C)c1cc(C(C)C)c2[nH]c3ccccc3c2c1N. The Morgan fingerprint density at radius 3 is 2.25 bits per heavy atom. The number of aromatic amines is 1. The van der Waals surface area contributed by atoms with Gasteiger partial charge in [-0.2, -0.15) is 0 Å². The van der Waals surface area contributed by atoms with E-state index in [0.29, 0.717) is 11.8 Å². The Bertz CT molecular complexity index is 779. The van der Waals surface area contributed by atoms with Gasteiger partial charge >= 0.3 is 0 Å². The fraction of sp³-hybridized carbons (Fsp3) is 0.333. The summed E-state index contributed by atoms with van der Waals surface area (Å²) in [4.78, 5) is 3.55. The number of nitrogen functional groups attached to an aromatic ring is 1. The Morgan fingerprint density at radius 2 is 1.60 bits per heavy atom. The molecule has 3 aromatic rings. The molecule has 0 atom stereocenters. The number of anilines is 1. The average Bonchev–Trinajstić information content (AvgIpc) is 2.77. The molecule has 0 unspecified atom stereocenters. The van der Waals surface area contributed by atoms with Crippen molar-refractivity contribution in [2.24, 2.45) is 0 Å². The minimum Gasteiger partial charge on any atom is -0.398 e. The highest BCUT2D eigenvalue weighted by atomic mass is 14.7. The van der Waals surface area contributed by atoms with Crippen molar-refractivity contribution in [3.05, 3.63) is 41.5 Å². The van der Waals surface area contributed by atoms with Gasteiger partial charge in [-0.3, -0.25) is 0 Å². The van der Waals surface area contributed by atoms with Crippen molar-refractivity contribution in [1.82, 2.24) is 4.98 Å². The molecule has 2 aromatic carbocycles. The second-order valence-corrected chi connectivity index (χ2v) is 6.20. The lowest BCUT2D eigenvalue weighted by atomic mass is 9.91. The molecule has 0 aliphatic carbocycles. The Hall–Kier alpha value is -1.96. The third kappa shape index (κ3) is 1.79. The van der Waals surface area contributed by atoms with E-state index in [9.17, 15) is 0 Å². The summed E-state index contributed by atoms with van der Waals surface area (Å²) in [6, 6.07) is 10.7. The minimum atomic E-state index is 0.436. The van der Waals surface area contributed by atoms with Gasteiger partial charge in [-0.25, -0.2) is 0 Å². The molecule has 20 heavy (non-hydrogen) atoms. The molecule has 1 aromatic heterocycles. The van der Waals surface area contributed by atoms with Crippen LogP contribution < -0.4 is 5.73 Å². The standard InChI is InChI=1S/C18H22N2/c1-10(2)13-9-14(11(3)4)18-16(17(13)19)12-7-5-6-8-15(12)20-18/h5-11,20H,19H2,1-4H3. The second-order valence-electron chi connectivity index (χ2n) is 6.20. The summed E-state index contributed by atoms with van der Waals surface area (Å²) in [6.07, 6.45) is 0. The maximum absolute atomic E-state index is 6.48. The van der Waals surface area contributed by atoms with Gasteiger partial charge in [0.2, 0.25) is 0 Å². The summed E-state index contributed by atoms with van der Waals surface area (Å²) in [5.41, 5.74) is 12.4. The summed E-state index contributed by atoms with van der Waals surface area (Å²) in [5, 5.41) is 2.42. The minimum absolute atomic E-state index is 0.436. The first-order valence-electron chi connectivity index (χ1n) is 7.33. The van der Waals surface area contributed by atoms with Crippen molar-refractivity contribution < 1.29 is 0 Å². The van der Waals surface area contributed by atoms with Gasteiger partial charge in [-0.1, -0.05) is 52.0 Å². The summed E-state index contributed by atoms with van der Waals surface area (Å²) < 4.78 is 0. The molecule has 3 rings (SSSR count). The van der Waals surface area contributed by atoms with Crippen LogP contribution in [0.4, 0.5) is 5.69 Å². The number of fused-ring (bicyclic) bond motifs is 3. The second kappa shape index (κ2) is 4.55. The first kappa shape index (κ1) is 13.0. The Balaban J connectivity index is 2.53. The quantitative estimate of drug-likeness (QED) is 0.619. The number of hydrogen-bond acceptors (Lipinski definition) is 1. The summed E-state index contributed by atoms with van der Waals surface area (Å²) in [7, 11) is 0. The number of aromatic nitrogens is 1. The number of rotatable bonds is 2. The predicted molar refractivity (Wildman–Crippen MR) is 88.4 cm³/mol. The van der Waals surface area contributed by atoms with Gasteiger partial charge in [-0.05, 0) is 29.0 Å². The normalized spacial score (nSPS) is 12.1. The van der Waals surface area contributed by atoms with Crippen LogP contribution in [-0.4, -0.2) is 4.98 Å². The van der Waals surface area contributed by atoms with Crippen LogP contribution in [0.1, 0.15) is 50.7 Å². The zero-order chi connectivity index (χ0) is 14.4. The molecule has 0 aliphatic rings. The number of H-pyrrole nitrogens is 1. The summed E-state index contributed by atoms with van der Waals surface area (Å²) >= 11 is 0. The molecule has 0 bridgehead atoms. The van der Waals surface area contributed by atoms with Gasteiger partial charge in [0.25, 0.3) is 0 Å². The molecule has 1 heterocycles. The van der Waals surface area contributed by atoms with Crippen molar-refractivity contribution in [3.63, 3.8) is 0 Å². The molecule has 2 heteroatoms. The summed E-state index contributed by atoms with van der Waals surface area (Å²) in [5.74, 6) is 0.911. The van der Waals surface area contributed by atoms with Crippen molar-refractivity contribution in [1.29, 1.82) is 0 Å². The number of hydrogen-bond donors (Lipinski definition) is 2. The van der Waals surface area contributed by atoms with E-state index < -0.39 is 0 Å². The van der Waals surface area contributed by atoms with Gasteiger partial charge in [0.05, 0.1) is 5.52 Å². The zero-order valence-electron chi connectivity index (χ0n) is 12.6. The first-order chi connectivity index (χ1) is 9.50. The number of nitrogens with two attached hydrogens (primary N) is 1. The third-order valence-corrected chi connectivity index (χ3v) is 4.13. The highest BCUT2D eigenvalue weighted by Crippen LogP contribution is 2.39. The number of para-hydroxylation sites is 1. The van der Waals surface area contributed by atoms with E-state index in [0.717, 1.165) is 11.2 Å². The van der Waals surface area contributed by atoms with Crippen molar-refractivity contribution in [2.45, 2.75) is 39.5 Å². The van der Waals surface area contributed by atoms with E-state index >= 15 is 0 Å². The van der Waals surface area contributed by atoms with E-state index in [2.05, 4.69) is 63.0 Å². The topological polar surface area (TPSA) is 41.8 Å². The fourth-order valence-electron chi connectivity index (χ4n) is 3.03. The lowest BCUT2D eigenvalue weighted by Gasteiger charge is -2.16. The molecular formula is C18H22N2. The van der Waals surface area contributed by atoms with Crippen LogP contribution in [0.15, 0.2) is 30.3 Å². The van der Waals surface area contributed by atoms with E-state index in [1.807, 2.05) is 0 Å². The average molecular weight is 266 g/mol. The molecule has 0 fully saturated rings. The molecule has 2 nitrogen and oxygen atoms in total. The van der Waals surface area contributed by atoms with Crippen LogP contribution in [0.3, 0.4) is 0 Å². The number of benzene rings is 2. The molecule has 0 saturated carbocycles. The molecule has 0 radical (unpaired) electrons. The van der Waals surface area contributed by atoms with Gasteiger partial charge in [0, 0.05) is 22.0 Å². The fourth-order valence-corrected chi connectivity index (χ4v) is 3.03. The molecule has 0 spiro atoms. The van der Waals surface area contributed by atoms with Gasteiger partial charge in [0.15, 0.2) is 0 Å². The molecule has 0 saturated heterocycles. The predicted octanol–water partition coefficient (Wildman–Crippen LogP) is 5.15. The van der Waals surface area contributed by atoms with E-state index in [4.69, 9.17) is 5.73 Å². The highest BCUT2D eigenvalue weighted by Gasteiger charge is 2.17.